The lowest BCUT2D eigenvalue weighted by molar-refractivity contribution is -0.123. The zero-order valence-corrected chi connectivity index (χ0v) is 17.1. The fourth-order valence-corrected chi connectivity index (χ4v) is 3.99. The van der Waals surface area contributed by atoms with E-state index >= 15 is 0 Å². The number of nitrogens with zero attached hydrogens (tertiary/aromatic N) is 1. The molecule has 1 aromatic heterocycles. The lowest BCUT2D eigenvalue weighted by Gasteiger charge is -2.28. The molecular weight excluding hydrogens is 380 g/mol. The molecule has 0 saturated carbocycles. The minimum atomic E-state index is -0.399. The van der Waals surface area contributed by atoms with Gasteiger partial charge in [0.05, 0.1) is 6.04 Å². The molecule has 4 rings (SSSR count). The van der Waals surface area contributed by atoms with Gasteiger partial charge in [-0.15, -0.1) is 0 Å². The smallest absolute Gasteiger partial charge is 0.336 e. The van der Waals surface area contributed by atoms with Gasteiger partial charge in [-0.1, -0.05) is 30.3 Å². The van der Waals surface area contributed by atoms with Gasteiger partial charge < -0.3 is 14.5 Å². The number of hydrogen-bond acceptors (Lipinski definition) is 5. The summed E-state index contributed by atoms with van der Waals surface area (Å²) in [5, 5.41) is 3.85. The number of likely N-dealkylation sites (tertiary alicyclic amines) is 1. The average molecular weight is 406 g/mol. The van der Waals surface area contributed by atoms with Crippen molar-refractivity contribution in [2.24, 2.45) is 0 Å². The summed E-state index contributed by atoms with van der Waals surface area (Å²) in [7, 11) is 0. The summed E-state index contributed by atoms with van der Waals surface area (Å²) >= 11 is 0. The minimum absolute atomic E-state index is 0.0942. The van der Waals surface area contributed by atoms with Crippen LogP contribution in [-0.4, -0.2) is 37.0 Å². The first-order chi connectivity index (χ1) is 14.6. The SMILES string of the molecule is Cc1cc(=O)oc2cc(OCC(=O)NC[C@@H](c3ccccc3)N3CCCC3)ccc12. The highest BCUT2D eigenvalue weighted by atomic mass is 16.5. The van der Waals surface area contributed by atoms with Crippen LogP contribution in [0.4, 0.5) is 0 Å². The van der Waals surface area contributed by atoms with Crippen molar-refractivity contribution >= 4 is 16.9 Å². The first kappa shape index (κ1) is 20.2. The molecule has 2 heterocycles. The molecule has 6 nitrogen and oxygen atoms in total. The molecular formula is C24H26N2O4. The van der Waals surface area contributed by atoms with Crippen LogP contribution < -0.4 is 15.7 Å². The predicted molar refractivity (Wildman–Crippen MR) is 116 cm³/mol. The predicted octanol–water partition coefficient (Wildman–Crippen LogP) is 3.43. The summed E-state index contributed by atoms with van der Waals surface area (Å²) in [6.07, 6.45) is 2.38. The van der Waals surface area contributed by atoms with E-state index in [1.54, 1.807) is 12.1 Å². The van der Waals surface area contributed by atoms with Gasteiger partial charge in [-0.3, -0.25) is 9.69 Å². The third-order valence-electron chi connectivity index (χ3n) is 5.55. The molecule has 1 aliphatic rings. The molecule has 0 bridgehead atoms. The molecule has 2 aromatic carbocycles. The number of hydrogen-bond donors (Lipinski definition) is 1. The van der Waals surface area contributed by atoms with Gasteiger partial charge in [0.25, 0.3) is 5.91 Å². The Bertz CT molecular complexity index is 1070. The third kappa shape index (κ3) is 4.71. The van der Waals surface area contributed by atoms with Gasteiger partial charge in [0, 0.05) is 24.1 Å². The van der Waals surface area contributed by atoms with Crippen molar-refractivity contribution in [3.05, 3.63) is 76.1 Å². The molecule has 0 radical (unpaired) electrons. The summed E-state index contributed by atoms with van der Waals surface area (Å²) in [5.41, 5.74) is 2.11. The molecule has 0 aliphatic carbocycles. The molecule has 156 valence electrons. The number of carbonyl (C=O) groups excluding carboxylic acids is 1. The van der Waals surface area contributed by atoms with Gasteiger partial charge in [0.2, 0.25) is 0 Å². The Labute approximate surface area is 175 Å². The van der Waals surface area contributed by atoms with Crippen LogP contribution in [0, 0.1) is 6.92 Å². The molecule has 3 aromatic rings. The number of nitrogens with one attached hydrogen (secondary N) is 1. The molecule has 1 aliphatic heterocycles. The molecule has 0 spiro atoms. The van der Waals surface area contributed by atoms with E-state index in [4.69, 9.17) is 9.15 Å². The number of fused-ring (bicyclic) bond motifs is 1. The summed E-state index contributed by atoms with van der Waals surface area (Å²) < 4.78 is 10.9. The van der Waals surface area contributed by atoms with E-state index in [1.165, 1.54) is 24.5 Å². The van der Waals surface area contributed by atoms with E-state index in [0.29, 0.717) is 17.9 Å². The zero-order valence-electron chi connectivity index (χ0n) is 17.1. The van der Waals surface area contributed by atoms with Crippen LogP contribution in [-0.2, 0) is 4.79 Å². The van der Waals surface area contributed by atoms with Crippen LogP contribution in [0.2, 0.25) is 0 Å². The monoisotopic (exact) mass is 406 g/mol. The van der Waals surface area contributed by atoms with Crippen molar-refractivity contribution in [3.8, 4) is 5.75 Å². The fourth-order valence-electron chi connectivity index (χ4n) is 3.99. The molecule has 1 N–H and O–H groups in total. The molecule has 30 heavy (non-hydrogen) atoms. The second-order valence-corrected chi connectivity index (χ2v) is 7.67. The number of amides is 1. The second-order valence-electron chi connectivity index (χ2n) is 7.67. The maximum atomic E-state index is 12.4. The van der Waals surface area contributed by atoms with Gasteiger partial charge in [-0.25, -0.2) is 4.79 Å². The lowest BCUT2D eigenvalue weighted by Crippen LogP contribution is -2.38. The van der Waals surface area contributed by atoms with Crippen LogP contribution in [0.5, 0.6) is 5.75 Å². The van der Waals surface area contributed by atoms with Crippen LogP contribution in [0.3, 0.4) is 0 Å². The highest BCUT2D eigenvalue weighted by Gasteiger charge is 2.23. The van der Waals surface area contributed by atoms with Crippen molar-refractivity contribution in [3.63, 3.8) is 0 Å². The minimum Gasteiger partial charge on any atom is -0.484 e. The Morgan fingerprint density at radius 2 is 1.90 bits per heavy atom. The maximum Gasteiger partial charge on any atom is 0.336 e. The van der Waals surface area contributed by atoms with Crippen LogP contribution in [0.25, 0.3) is 11.0 Å². The second kappa shape index (κ2) is 9.13. The number of carbonyl (C=O) groups is 1. The molecule has 1 fully saturated rings. The van der Waals surface area contributed by atoms with Crippen molar-refractivity contribution < 1.29 is 13.9 Å². The average Bonchev–Trinajstić information content (AvgIpc) is 3.27. The van der Waals surface area contributed by atoms with E-state index in [1.807, 2.05) is 31.2 Å². The third-order valence-corrected chi connectivity index (χ3v) is 5.55. The highest BCUT2D eigenvalue weighted by Crippen LogP contribution is 2.25. The van der Waals surface area contributed by atoms with E-state index in [9.17, 15) is 9.59 Å². The highest BCUT2D eigenvalue weighted by molar-refractivity contribution is 5.81. The van der Waals surface area contributed by atoms with Crippen molar-refractivity contribution in [2.45, 2.75) is 25.8 Å². The molecule has 6 heteroatoms. The molecule has 0 unspecified atom stereocenters. The Hall–Kier alpha value is -3.12. The summed E-state index contributed by atoms with van der Waals surface area (Å²) in [5.74, 6) is 0.312. The number of aryl methyl sites for hydroxylation is 1. The summed E-state index contributed by atoms with van der Waals surface area (Å²) in [6, 6.07) is 17.2. The maximum absolute atomic E-state index is 12.4. The van der Waals surface area contributed by atoms with Crippen molar-refractivity contribution in [1.29, 1.82) is 0 Å². The molecule has 1 amide bonds. The van der Waals surface area contributed by atoms with Crippen molar-refractivity contribution in [2.75, 3.05) is 26.2 Å². The van der Waals surface area contributed by atoms with Gasteiger partial charge in [-0.2, -0.15) is 0 Å². The number of rotatable bonds is 7. The first-order valence-corrected chi connectivity index (χ1v) is 10.3. The van der Waals surface area contributed by atoms with Crippen molar-refractivity contribution in [1.82, 2.24) is 10.2 Å². The van der Waals surface area contributed by atoms with E-state index < -0.39 is 5.63 Å². The molecule has 1 atom stereocenters. The number of ether oxygens (including phenoxy) is 1. The fraction of sp³-hybridized carbons (Fsp3) is 0.333. The van der Waals surface area contributed by atoms with E-state index in [2.05, 4.69) is 22.3 Å². The van der Waals surface area contributed by atoms with Crippen LogP contribution in [0.1, 0.15) is 30.0 Å². The zero-order chi connectivity index (χ0) is 20.9. The largest absolute Gasteiger partial charge is 0.484 e. The lowest BCUT2D eigenvalue weighted by atomic mass is 10.1. The van der Waals surface area contributed by atoms with Gasteiger partial charge in [0.15, 0.2) is 6.61 Å². The van der Waals surface area contributed by atoms with E-state index in [-0.39, 0.29) is 18.6 Å². The quantitative estimate of drug-likeness (QED) is 0.609. The Balaban J connectivity index is 1.37. The van der Waals surface area contributed by atoms with Gasteiger partial charge in [-0.05, 0) is 56.1 Å². The van der Waals surface area contributed by atoms with Gasteiger partial charge >= 0.3 is 5.63 Å². The van der Waals surface area contributed by atoms with Crippen LogP contribution >= 0.6 is 0 Å². The van der Waals surface area contributed by atoms with Crippen LogP contribution in [0.15, 0.2) is 63.8 Å². The standard InChI is InChI=1S/C24H26N2O4/c1-17-13-24(28)30-22-14-19(9-10-20(17)22)29-16-23(27)25-15-21(26-11-5-6-12-26)18-7-3-2-4-8-18/h2-4,7-10,13-14,21H,5-6,11-12,15-16H2,1H3,(H,25,27)/t21-/m0/s1. The summed E-state index contributed by atoms with van der Waals surface area (Å²) in [6.45, 7) is 4.40. The first-order valence-electron chi connectivity index (χ1n) is 10.3. The van der Waals surface area contributed by atoms with Gasteiger partial charge in [0.1, 0.15) is 11.3 Å². The van der Waals surface area contributed by atoms with E-state index in [0.717, 1.165) is 24.0 Å². The Morgan fingerprint density at radius 3 is 2.67 bits per heavy atom. The number of benzene rings is 2. The topological polar surface area (TPSA) is 71.8 Å². The molecule has 1 saturated heterocycles. The Morgan fingerprint density at radius 1 is 1.13 bits per heavy atom. The summed E-state index contributed by atoms with van der Waals surface area (Å²) in [4.78, 5) is 26.4. The normalized spacial score (nSPS) is 15.2. The Kier molecular flexibility index (Phi) is 6.14.